The molecule has 186 valence electrons. The average Bonchev–Trinajstić information content (AvgIpc) is 3.31. The first kappa shape index (κ1) is 22.4. The molecule has 0 atom stereocenters. The molecule has 1 aliphatic carbocycles. The molecular weight excluding hydrogens is 460 g/mol. The zero-order valence-electron chi connectivity index (χ0n) is 20.7. The summed E-state index contributed by atoms with van der Waals surface area (Å²) < 4.78 is 7.65. The second kappa shape index (κ2) is 9.25. The van der Waals surface area contributed by atoms with Gasteiger partial charge >= 0.3 is 0 Å². The number of nitrogens with one attached hydrogen (secondary N) is 1. The number of ether oxygens (including phenoxy) is 1. The summed E-state index contributed by atoms with van der Waals surface area (Å²) in [6.45, 7) is 1.73. The van der Waals surface area contributed by atoms with E-state index in [0.717, 1.165) is 83.7 Å². The molecule has 0 spiro atoms. The standard InChI is InChI=1S/C30H30N6O/c31-29-28-27(21-7-6-20-8-9-25(34-26(20)18-21)19-4-2-1-3-5-19)35-30(36(28)13-12-32-29)22-16-24(17-22)33-23-10-14-37-15-11-23/h1-9,12-13,18,22-24,33H,10-11,14-17H2,(H2,31,32). The van der Waals surface area contributed by atoms with Gasteiger partial charge in [-0.05, 0) is 37.8 Å². The molecule has 5 aromatic rings. The minimum Gasteiger partial charge on any atom is -0.382 e. The average molecular weight is 491 g/mol. The number of pyridine rings is 1. The number of hydrogen-bond acceptors (Lipinski definition) is 6. The van der Waals surface area contributed by atoms with E-state index >= 15 is 0 Å². The van der Waals surface area contributed by atoms with Gasteiger partial charge in [0.2, 0.25) is 0 Å². The van der Waals surface area contributed by atoms with Crippen LogP contribution in [0.1, 0.15) is 37.4 Å². The fourth-order valence-corrected chi connectivity index (χ4v) is 5.77. The van der Waals surface area contributed by atoms with E-state index in [-0.39, 0.29) is 0 Å². The molecule has 7 rings (SSSR count). The summed E-state index contributed by atoms with van der Waals surface area (Å²) in [5.74, 6) is 1.96. The summed E-state index contributed by atoms with van der Waals surface area (Å²) in [5, 5.41) is 4.93. The molecule has 4 heterocycles. The van der Waals surface area contributed by atoms with Crippen LogP contribution in [0.2, 0.25) is 0 Å². The van der Waals surface area contributed by atoms with Gasteiger partial charge in [0, 0.05) is 60.1 Å². The molecule has 37 heavy (non-hydrogen) atoms. The van der Waals surface area contributed by atoms with Gasteiger partial charge in [0.15, 0.2) is 0 Å². The minimum atomic E-state index is 0.392. The van der Waals surface area contributed by atoms with E-state index in [4.69, 9.17) is 20.4 Å². The summed E-state index contributed by atoms with van der Waals surface area (Å²) in [7, 11) is 0. The van der Waals surface area contributed by atoms with Crippen LogP contribution in [0.5, 0.6) is 0 Å². The molecule has 2 aliphatic rings. The Balaban J connectivity index is 1.22. The van der Waals surface area contributed by atoms with Crippen LogP contribution < -0.4 is 11.1 Å². The van der Waals surface area contributed by atoms with Gasteiger partial charge in [-0.2, -0.15) is 0 Å². The van der Waals surface area contributed by atoms with Crippen LogP contribution in [-0.4, -0.2) is 44.7 Å². The van der Waals surface area contributed by atoms with E-state index in [2.05, 4.69) is 57.2 Å². The first-order valence-electron chi connectivity index (χ1n) is 13.2. The summed E-state index contributed by atoms with van der Waals surface area (Å²) in [6, 6.07) is 21.9. The second-order valence-electron chi connectivity index (χ2n) is 10.2. The molecule has 3 N–H and O–H groups in total. The highest BCUT2D eigenvalue weighted by atomic mass is 16.5. The number of benzene rings is 2. The zero-order chi connectivity index (χ0) is 24.8. The number of hydrogen-bond donors (Lipinski definition) is 2. The SMILES string of the molecule is Nc1nccn2c(C3CC(NC4CCOCC4)C3)nc(-c3ccc4ccc(-c5ccccc5)nc4c3)c12. The quantitative estimate of drug-likeness (QED) is 0.352. The Hall–Kier alpha value is -3.81. The molecule has 2 aromatic carbocycles. The topological polar surface area (TPSA) is 90.4 Å². The highest BCUT2D eigenvalue weighted by Gasteiger charge is 2.35. The molecule has 2 fully saturated rings. The van der Waals surface area contributed by atoms with Crippen LogP contribution in [0.25, 0.3) is 38.9 Å². The van der Waals surface area contributed by atoms with Crippen molar-refractivity contribution in [3.05, 3.63) is 78.9 Å². The van der Waals surface area contributed by atoms with Gasteiger partial charge < -0.3 is 15.8 Å². The number of nitrogens with two attached hydrogens (primary N) is 1. The lowest BCUT2D eigenvalue weighted by molar-refractivity contribution is 0.0695. The number of fused-ring (bicyclic) bond motifs is 2. The Morgan fingerprint density at radius 2 is 1.70 bits per heavy atom. The molecule has 3 aromatic heterocycles. The molecule has 0 bridgehead atoms. The van der Waals surface area contributed by atoms with Crippen molar-refractivity contribution in [1.29, 1.82) is 0 Å². The molecule has 1 aliphatic heterocycles. The van der Waals surface area contributed by atoms with Crippen LogP contribution in [0.3, 0.4) is 0 Å². The van der Waals surface area contributed by atoms with E-state index in [0.29, 0.717) is 23.8 Å². The predicted octanol–water partition coefficient (Wildman–Crippen LogP) is 5.21. The molecule has 0 radical (unpaired) electrons. The lowest BCUT2D eigenvalue weighted by Crippen LogP contribution is -2.47. The molecular formula is C30H30N6O. The molecule has 0 unspecified atom stereocenters. The molecule has 1 saturated carbocycles. The third-order valence-electron chi connectivity index (χ3n) is 7.84. The van der Waals surface area contributed by atoms with Crippen molar-refractivity contribution in [3.63, 3.8) is 0 Å². The Bertz CT molecular complexity index is 1570. The number of rotatable bonds is 5. The van der Waals surface area contributed by atoms with E-state index in [9.17, 15) is 0 Å². The molecule has 7 heteroatoms. The summed E-state index contributed by atoms with van der Waals surface area (Å²) in [5.41, 5.74) is 12.2. The Kier molecular flexibility index (Phi) is 5.60. The van der Waals surface area contributed by atoms with Crippen molar-refractivity contribution >= 4 is 22.2 Å². The number of anilines is 1. The van der Waals surface area contributed by atoms with Crippen molar-refractivity contribution in [2.75, 3.05) is 18.9 Å². The van der Waals surface area contributed by atoms with Crippen LogP contribution in [0, 0.1) is 0 Å². The number of aromatic nitrogens is 4. The third-order valence-corrected chi connectivity index (χ3v) is 7.84. The number of nitrogen functional groups attached to an aromatic ring is 1. The van der Waals surface area contributed by atoms with E-state index in [1.54, 1.807) is 6.20 Å². The van der Waals surface area contributed by atoms with Gasteiger partial charge in [-0.1, -0.05) is 48.5 Å². The van der Waals surface area contributed by atoms with Crippen LogP contribution in [-0.2, 0) is 4.74 Å². The van der Waals surface area contributed by atoms with Gasteiger partial charge in [0.05, 0.1) is 11.2 Å². The summed E-state index contributed by atoms with van der Waals surface area (Å²) in [4.78, 5) is 14.5. The highest BCUT2D eigenvalue weighted by Crippen LogP contribution is 2.40. The van der Waals surface area contributed by atoms with Crippen molar-refractivity contribution in [2.24, 2.45) is 0 Å². The zero-order valence-corrected chi connectivity index (χ0v) is 20.7. The predicted molar refractivity (Wildman–Crippen MR) is 146 cm³/mol. The van der Waals surface area contributed by atoms with Gasteiger partial charge in [0.1, 0.15) is 22.9 Å². The van der Waals surface area contributed by atoms with Gasteiger partial charge in [0.25, 0.3) is 0 Å². The first-order valence-corrected chi connectivity index (χ1v) is 13.2. The Morgan fingerprint density at radius 1 is 0.892 bits per heavy atom. The molecule has 7 nitrogen and oxygen atoms in total. The van der Waals surface area contributed by atoms with Gasteiger partial charge in [-0.15, -0.1) is 0 Å². The fourth-order valence-electron chi connectivity index (χ4n) is 5.77. The lowest BCUT2D eigenvalue weighted by Gasteiger charge is -2.38. The maximum Gasteiger partial charge on any atom is 0.150 e. The van der Waals surface area contributed by atoms with E-state index in [1.807, 2.05) is 24.4 Å². The maximum atomic E-state index is 6.42. The number of nitrogens with zero attached hydrogens (tertiary/aromatic N) is 4. The second-order valence-corrected chi connectivity index (χ2v) is 10.2. The van der Waals surface area contributed by atoms with Crippen LogP contribution in [0.15, 0.2) is 73.1 Å². The van der Waals surface area contributed by atoms with Crippen LogP contribution in [0.4, 0.5) is 5.82 Å². The van der Waals surface area contributed by atoms with Crippen LogP contribution >= 0.6 is 0 Å². The monoisotopic (exact) mass is 490 g/mol. The number of imidazole rings is 1. The highest BCUT2D eigenvalue weighted by molar-refractivity contribution is 5.91. The van der Waals surface area contributed by atoms with Crippen molar-refractivity contribution < 1.29 is 4.74 Å². The largest absolute Gasteiger partial charge is 0.382 e. The minimum absolute atomic E-state index is 0.392. The third kappa shape index (κ3) is 4.14. The normalized spacial score (nSPS) is 20.3. The molecule has 0 amide bonds. The Morgan fingerprint density at radius 3 is 2.54 bits per heavy atom. The summed E-state index contributed by atoms with van der Waals surface area (Å²) >= 11 is 0. The van der Waals surface area contributed by atoms with Crippen molar-refractivity contribution in [1.82, 2.24) is 24.7 Å². The van der Waals surface area contributed by atoms with Crippen molar-refractivity contribution in [2.45, 2.75) is 43.7 Å². The van der Waals surface area contributed by atoms with E-state index in [1.165, 1.54) is 0 Å². The van der Waals surface area contributed by atoms with Gasteiger partial charge in [-0.25, -0.2) is 15.0 Å². The molecule has 1 saturated heterocycles. The van der Waals surface area contributed by atoms with E-state index < -0.39 is 0 Å². The first-order chi connectivity index (χ1) is 18.2. The Labute approximate surface area is 215 Å². The lowest BCUT2D eigenvalue weighted by atomic mass is 9.79. The smallest absolute Gasteiger partial charge is 0.150 e. The van der Waals surface area contributed by atoms with Gasteiger partial charge in [-0.3, -0.25) is 4.40 Å². The summed E-state index contributed by atoms with van der Waals surface area (Å²) in [6.07, 6.45) is 8.12. The van der Waals surface area contributed by atoms with Crippen molar-refractivity contribution in [3.8, 4) is 22.5 Å². The maximum absolute atomic E-state index is 6.42. The fraction of sp³-hybridized carbons (Fsp3) is 0.300.